The molecular weight excluding hydrogens is 296 g/mol. The quantitative estimate of drug-likeness (QED) is 0.661. The molecule has 2 atom stereocenters. The zero-order chi connectivity index (χ0) is 16.1. The Balaban J connectivity index is 1.89. The maximum Gasteiger partial charge on any atom is 0.191 e. The molecule has 2 rings (SSSR count). The minimum absolute atomic E-state index is 0.430. The Morgan fingerprint density at radius 1 is 1.36 bits per heavy atom. The van der Waals surface area contributed by atoms with Gasteiger partial charge in [0.2, 0.25) is 0 Å². The van der Waals surface area contributed by atoms with E-state index in [1.54, 1.807) is 0 Å². The highest BCUT2D eigenvalue weighted by Gasteiger charge is 2.31. The van der Waals surface area contributed by atoms with Gasteiger partial charge >= 0.3 is 0 Å². The fraction of sp³-hybridized carbons (Fsp3) is 0.588. The summed E-state index contributed by atoms with van der Waals surface area (Å²) in [6, 6.07) is 8.90. The van der Waals surface area contributed by atoms with E-state index < -0.39 is 0 Å². The standard InChI is InChI=1S/C17H27ClN4/c1-12(2)22-10-13(3)16(11-22)21-17(19-4)20-9-14-7-5-6-8-15(14)18/h5-8,12-13,16H,9-11H2,1-4H3,(H2,19,20,21). The summed E-state index contributed by atoms with van der Waals surface area (Å²) in [5.74, 6) is 1.45. The van der Waals surface area contributed by atoms with Gasteiger partial charge in [0.1, 0.15) is 0 Å². The molecular formula is C17H27ClN4. The lowest BCUT2D eigenvalue weighted by atomic mass is 10.1. The molecule has 0 aliphatic carbocycles. The predicted molar refractivity (Wildman–Crippen MR) is 94.4 cm³/mol. The summed E-state index contributed by atoms with van der Waals surface area (Å²) in [7, 11) is 1.81. The first-order chi connectivity index (χ1) is 10.5. The molecule has 122 valence electrons. The van der Waals surface area contributed by atoms with E-state index in [2.05, 4.69) is 41.3 Å². The summed E-state index contributed by atoms with van der Waals surface area (Å²) in [4.78, 5) is 6.84. The molecule has 2 unspecified atom stereocenters. The Morgan fingerprint density at radius 3 is 2.68 bits per heavy atom. The summed E-state index contributed by atoms with van der Waals surface area (Å²) < 4.78 is 0. The number of aliphatic imine (C=N–C) groups is 1. The van der Waals surface area contributed by atoms with Gasteiger partial charge in [-0.2, -0.15) is 0 Å². The number of halogens is 1. The van der Waals surface area contributed by atoms with E-state index in [4.69, 9.17) is 11.6 Å². The van der Waals surface area contributed by atoms with Crippen LogP contribution in [0.5, 0.6) is 0 Å². The molecule has 0 radical (unpaired) electrons. The molecule has 1 aromatic rings. The van der Waals surface area contributed by atoms with Gasteiger partial charge in [-0.15, -0.1) is 0 Å². The summed E-state index contributed by atoms with van der Waals surface area (Å²) in [6.07, 6.45) is 0. The minimum Gasteiger partial charge on any atom is -0.352 e. The zero-order valence-electron chi connectivity index (χ0n) is 13.9. The van der Waals surface area contributed by atoms with Crippen LogP contribution in [0.4, 0.5) is 0 Å². The highest BCUT2D eigenvalue weighted by atomic mass is 35.5. The van der Waals surface area contributed by atoms with Crippen LogP contribution in [0.25, 0.3) is 0 Å². The van der Waals surface area contributed by atoms with Crippen LogP contribution in [-0.2, 0) is 6.54 Å². The molecule has 1 saturated heterocycles. The number of guanidine groups is 1. The van der Waals surface area contributed by atoms with Gasteiger partial charge in [0.25, 0.3) is 0 Å². The van der Waals surface area contributed by atoms with Crippen LogP contribution >= 0.6 is 11.6 Å². The number of benzene rings is 1. The second-order valence-electron chi connectivity index (χ2n) is 6.29. The van der Waals surface area contributed by atoms with E-state index in [9.17, 15) is 0 Å². The second-order valence-corrected chi connectivity index (χ2v) is 6.70. The van der Waals surface area contributed by atoms with Crippen LogP contribution in [0.1, 0.15) is 26.3 Å². The fourth-order valence-electron chi connectivity index (χ4n) is 2.80. The molecule has 4 nitrogen and oxygen atoms in total. The van der Waals surface area contributed by atoms with Crippen LogP contribution in [0.3, 0.4) is 0 Å². The van der Waals surface area contributed by atoms with Gasteiger partial charge < -0.3 is 10.6 Å². The molecule has 0 spiro atoms. The number of likely N-dealkylation sites (tertiary alicyclic amines) is 1. The molecule has 1 aliphatic rings. The molecule has 0 aromatic heterocycles. The molecule has 22 heavy (non-hydrogen) atoms. The van der Waals surface area contributed by atoms with Crippen molar-refractivity contribution >= 4 is 17.6 Å². The van der Waals surface area contributed by atoms with Crippen molar-refractivity contribution in [1.29, 1.82) is 0 Å². The van der Waals surface area contributed by atoms with Crippen molar-refractivity contribution < 1.29 is 0 Å². The van der Waals surface area contributed by atoms with Gasteiger partial charge in [-0.05, 0) is 31.4 Å². The average Bonchev–Trinajstić information content (AvgIpc) is 2.86. The van der Waals surface area contributed by atoms with Crippen LogP contribution in [0.2, 0.25) is 5.02 Å². The third-order valence-corrected chi connectivity index (χ3v) is 4.69. The molecule has 1 fully saturated rings. The molecule has 2 N–H and O–H groups in total. The Morgan fingerprint density at radius 2 is 2.09 bits per heavy atom. The third-order valence-electron chi connectivity index (χ3n) is 4.32. The topological polar surface area (TPSA) is 39.7 Å². The van der Waals surface area contributed by atoms with E-state index in [0.29, 0.717) is 24.5 Å². The summed E-state index contributed by atoms with van der Waals surface area (Å²) in [5.41, 5.74) is 1.08. The first-order valence-electron chi connectivity index (χ1n) is 7.96. The average molecular weight is 323 g/mol. The molecule has 1 aromatic carbocycles. The molecule has 1 heterocycles. The lowest BCUT2D eigenvalue weighted by Gasteiger charge is -2.22. The van der Waals surface area contributed by atoms with Gasteiger partial charge in [0.15, 0.2) is 5.96 Å². The van der Waals surface area contributed by atoms with E-state index in [1.165, 1.54) is 0 Å². The number of nitrogens with zero attached hydrogens (tertiary/aromatic N) is 2. The molecule has 1 aliphatic heterocycles. The van der Waals surface area contributed by atoms with E-state index in [1.807, 2.05) is 31.3 Å². The van der Waals surface area contributed by atoms with Gasteiger partial charge in [0.05, 0.1) is 0 Å². The van der Waals surface area contributed by atoms with Crippen molar-refractivity contribution in [2.24, 2.45) is 10.9 Å². The van der Waals surface area contributed by atoms with Gasteiger partial charge in [0, 0.05) is 43.8 Å². The van der Waals surface area contributed by atoms with Crippen molar-refractivity contribution in [3.8, 4) is 0 Å². The second kappa shape index (κ2) is 7.84. The lowest BCUT2D eigenvalue weighted by Crippen LogP contribution is -2.46. The molecule has 5 heteroatoms. The first-order valence-corrected chi connectivity index (χ1v) is 8.33. The van der Waals surface area contributed by atoms with Crippen LogP contribution in [0, 0.1) is 5.92 Å². The Kier molecular flexibility index (Phi) is 6.09. The third kappa shape index (κ3) is 4.37. The Bertz CT molecular complexity index is 515. The summed E-state index contributed by atoms with van der Waals surface area (Å²) >= 11 is 6.19. The van der Waals surface area contributed by atoms with Crippen LogP contribution in [-0.4, -0.2) is 43.1 Å². The van der Waals surface area contributed by atoms with Gasteiger partial charge in [-0.25, -0.2) is 0 Å². The normalized spacial score (nSPS) is 23.1. The largest absolute Gasteiger partial charge is 0.352 e. The number of nitrogens with one attached hydrogen (secondary N) is 2. The highest BCUT2D eigenvalue weighted by Crippen LogP contribution is 2.18. The summed E-state index contributed by atoms with van der Waals surface area (Å²) in [6.45, 7) is 9.66. The maximum atomic E-state index is 6.19. The van der Waals surface area contributed by atoms with Crippen molar-refractivity contribution in [1.82, 2.24) is 15.5 Å². The number of hydrogen-bond donors (Lipinski definition) is 2. The predicted octanol–water partition coefficient (Wildman–Crippen LogP) is 2.73. The smallest absolute Gasteiger partial charge is 0.191 e. The molecule has 0 bridgehead atoms. The van der Waals surface area contributed by atoms with Crippen LogP contribution < -0.4 is 10.6 Å². The van der Waals surface area contributed by atoms with E-state index >= 15 is 0 Å². The van der Waals surface area contributed by atoms with Crippen molar-refractivity contribution in [2.45, 2.75) is 39.4 Å². The fourth-order valence-corrected chi connectivity index (χ4v) is 3.01. The van der Waals surface area contributed by atoms with Gasteiger partial charge in [-0.3, -0.25) is 9.89 Å². The van der Waals surface area contributed by atoms with Crippen LogP contribution in [0.15, 0.2) is 29.3 Å². The summed E-state index contributed by atoms with van der Waals surface area (Å²) in [5, 5.41) is 7.68. The van der Waals surface area contributed by atoms with Crippen molar-refractivity contribution in [3.05, 3.63) is 34.9 Å². The SMILES string of the molecule is CN=C(NCc1ccccc1Cl)NC1CN(C(C)C)CC1C. The van der Waals surface area contributed by atoms with Gasteiger partial charge in [-0.1, -0.05) is 36.7 Å². The molecule has 0 saturated carbocycles. The number of hydrogen-bond acceptors (Lipinski definition) is 2. The van der Waals surface area contributed by atoms with E-state index in [-0.39, 0.29) is 0 Å². The Hall–Kier alpha value is -1.26. The Labute approximate surface area is 138 Å². The highest BCUT2D eigenvalue weighted by molar-refractivity contribution is 6.31. The maximum absolute atomic E-state index is 6.19. The minimum atomic E-state index is 0.430. The zero-order valence-corrected chi connectivity index (χ0v) is 14.7. The molecule has 0 amide bonds. The first kappa shape index (κ1) is 17.1. The lowest BCUT2D eigenvalue weighted by molar-refractivity contribution is 0.265. The van der Waals surface area contributed by atoms with Crippen molar-refractivity contribution in [2.75, 3.05) is 20.1 Å². The monoisotopic (exact) mass is 322 g/mol. The van der Waals surface area contributed by atoms with Crippen molar-refractivity contribution in [3.63, 3.8) is 0 Å². The number of rotatable bonds is 4. The van der Waals surface area contributed by atoms with E-state index in [0.717, 1.165) is 29.6 Å².